The van der Waals surface area contributed by atoms with Crippen molar-refractivity contribution in [3.05, 3.63) is 18.2 Å². The van der Waals surface area contributed by atoms with Crippen LogP contribution in [0.25, 0.3) is 0 Å². The van der Waals surface area contributed by atoms with E-state index in [1.807, 2.05) is 0 Å². The summed E-state index contributed by atoms with van der Waals surface area (Å²) in [4.78, 5) is 42.3. The molecule has 0 saturated heterocycles. The van der Waals surface area contributed by atoms with Crippen LogP contribution in [0.1, 0.15) is 25.0 Å². The number of rotatable bonds is 11. The molecule has 0 unspecified atom stereocenters. The molecule has 0 radical (unpaired) electrons. The molecule has 10 heteroatoms. The van der Waals surface area contributed by atoms with Gasteiger partial charge in [0.2, 0.25) is 17.7 Å². The molecule has 0 aliphatic carbocycles. The van der Waals surface area contributed by atoms with E-state index in [-0.39, 0.29) is 13.0 Å². The summed E-state index contributed by atoms with van der Waals surface area (Å²) < 4.78 is 0. The molecule has 9 N–H and O–H groups in total. The zero-order chi connectivity index (χ0) is 17.9. The van der Waals surface area contributed by atoms with E-state index < -0.39 is 29.8 Å². The largest absolute Gasteiger partial charge is 0.368 e. The Balaban J connectivity index is 2.73. The molecule has 1 aromatic rings. The fourth-order valence-corrected chi connectivity index (χ4v) is 2.12. The highest BCUT2D eigenvalue weighted by Crippen LogP contribution is 2.03. The lowest BCUT2D eigenvalue weighted by atomic mass is 10.1. The summed E-state index contributed by atoms with van der Waals surface area (Å²) in [5, 5.41) is 5.08. The van der Waals surface area contributed by atoms with E-state index in [1.165, 1.54) is 6.33 Å². The average molecular weight is 339 g/mol. The number of aromatic nitrogens is 2. The maximum Gasteiger partial charge on any atom is 0.243 e. The molecule has 2 atom stereocenters. The molecule has 1 rings (SSSR count). The maximum absolute atomic E-state index is 12.4. The predicted molar refractivity (Wildman–Crippen MR) is 87.3 cm³/mol. The number of nitrogens with zero attached hydrogens (tertiary/aromatic N) is 1. The van der Waals surface area contributed by atoms with Crippen LogP contribution in [0.2, 0.25) is 0 Å². The molecule has 0 spiro atoms. The van der Waals surface area contributed by atoms with E-state index in [0.29, 0.717) is 25.1 Å². The van der Waals surface area contributed by atoms with Crippen molar-refractivity contribution in [2.45, 2.75) is 37.8 Å². The van der Waals surface area contributed by atoms with E-state index in [0.717, 1.165) is 6.42 Å². The van der Waals surface area contributed by atoms with Crippen molar-refractivity contribution in [3.63, 3.8) is 0 Å². The normalized spacial score (nSPS) is 13.1. The average Bonchev–Trinajstić information content (AvgIpc) is 3.06. The number of nitrogens with two attached hydrogens (primary N) is 3. The minimum atomic E-state index is -0.902. The van der Waals surface area contributed by atoms with Gasteiger partial charge in [-0.3, -0.25) is 14.4 Å². The number of imidazole rings is 1. The highest BCUT2D eigenvalue weighted by Gasteiger charge is 2.25. The van der Waals surface area contributed by atoms with Crippen LogP contribution in [-0.4, -0.2) is 52.9 Å². The monoisotopic (exact) mass is 339 g/mol. The van der Waals surface area contributed by atoms with Gasteiger partial charge >= 0.3 is 0 Å². The summed E-state index contributed by atoms with van der Waals surface area (Å²) in [6, 6.07) is -1.72. The van der Waals surface area contributed by atoms with Crippen LogP contribution in [0.4, 0.5) is 0 Å². The molecule has 0 aliphatic heterocycles. The zero-order valence-corrected chi connectivity index (χ0v) is 13.5. The number of primary amides is 1. The molecule has 0 aliphatic rings. The van der Waals surface area contributed by atoms with Crippen molar-refractivity contribution < 1.29 is 14.4 Å². The Morgan fingerprint density at radius 2 is 1.92 bits per heavy atom. The van der Waals surface area contributed by atoms with Crippen molar-refractivity contribution in [1.29, 1.82) is 0 Å². The van der Waals surface area contributed by atoms with Crippen molar-refractivity contribution >= 4 is 17.7 Å². The van der Waals surface area contributed by atoms with E-state index in [4.69, 9.17) is 17.2 Å². The molecule has 1 heterocycles. The third-order valence-corrected chi connectivity index (χ3v) is 3.41. The first-order chi connectivity index (χ1) is 11.5. The summed E-state index contributed by atoms with van der Waals surface area (Å²) in [7, 11) is 0. The SMILES string of the molecule is NCCCC[C@H](NC(=O)[C@H](Cc1c[nH]cn1)NC(=O)CN)C(N)=O. The smallest absolute Gasteiger partial charge is 0.243 e. The first-order valence-electron chi connectivity index (χ1n) is 7.74. The van der Waals surface area contributed by atoms with E-state index in [9.17, 15) is 14.4 Å². The quantitative estimate of drug-likeness (QED) is 0.242. The van der Waals surface area contributed by atoms with E-state index in [1.54, 1.807) is 6.20 Å². The highest BCUT2D eigenvalue weighted by atomic mass is 16.2. The third kappa shape index (κ3) is 6.75. The molecule has 0 fully saturated rings. The summed E-state index contributed by atoms with van der Waals surface area (Å²) >= 11 is 0. The van der Waals surface area contributed by atoms with Crippen molar-refractivity contribution in [2.75, 3.05) is 13.1 Å². The van der Waals surface area contributed by atoms with Gasteiger partial charge in [0.15, 0.2) is 0 Å². The lowest BCUT2D eigenvalue weighted by Gasteiger charge is -2.21. The van der Waals surface area contributed by atoms with Gasteiger partial charge in [-0.25, -0.2) is 4.98 Å². The minimum absolute atomic E-state index is 0.162. The lowest BCUT2D eigenvalue weighted by Crippen LogP contribution is -2.54. The zero-order valence-electron chi connectivity index (χ0n) is 13.5. The number of hydrogen-bond acceptors (Lipinski definition) is 6. The number of carbonyl (C=O) groups excluding carboxylic acids is 3. The number of nitrogens with one attached hydrogen (secondary N) is 3. The summed E-state index contributed by atoms with van der Waals surface area (Å²) in [6.07, 6.45) is 5.01. The fraction of sp³-hybridized carbons (Fsp3) is 0.571. The summed E-state index contributed by atoms with van der Waals surface area (Å²) in [6.45, 7) is 0.244. The number of H-pyrrole nitrogens is 1. The molecule has 0 aromatic carbocycles. The number of carbonyl (C=O) groups is 3. The van der Waals surface area contributed by atoms with Crippen LogP contribution in [0.3, 0.4) is 0 Å². The number of aromatic amines is 1. The highest BCUT2D eigenvalue weighted by molar-refractivity contribution is 5.92. The van der Waals surface area contributed by atoms with E-state index >= 15 is 0 Å². The third-order valence-electron chi connectivity index (χ3n) is 3.41. The fourth-order valence-electron chi connectivity index (χ4n) is 2.12. The molecular formula is C14H25N7O3. The van der Waals surface area contributed by atoms with Gasteiger partial charge in [0.1, 0.15) is 12.1 Å². The van der Waals surface area contributed by atoms with Crippen LogP contribution in [0.5, 0.6) is 0 Å². The maximum atomic E-state index is 12.4. The van der Waals surface area contributed by atoms with Crippen LogP contribution in [0, 0.1) is 0 Å². The predicted octanol–water partition coefficient (Wildman–Crippen LogP) is -2.51. The number of unbranched alkanes of at least 4 members (excludes halogenated alkanes) is 1. The second kappa shape index (κ2) is 10.3. The van der Waals surface area contributed by atoms with Gasteiger partial charge in [0, 0.05) is 12.6 Å². The van der Waals surface area contributed by atoms with Crippen LogP contribution < -0.4 is 27.8 Å². The standard InChI is InChI=1S/C14H25N7O3/c15-4-2-1-3-10(13(17)23)21-14(24)11(20-12(22)6-16)5-9-7-18-8-19-9/h7-8,10-11H,1-6,15-16H2,(H2,17,23)(H,18,19)(H,20,22)(H,21,24)/t10-,11-/m0/s1. The molecule has 3 amide bonds. The molecule has 24 heavy (non-hydrogen) atoms. The Morgan fingerprint density at radius 3 is 2.46 bits per heavy atom. The Kier molecular flexibility index (Phi) is 8.44. The van der Waals surface area contributed by atoms with Gasteiger partial charge in [-0.05, 0) is 25.8 Å². The summed E-state index contributed by atoms with van der Waals surface area (Å²) in [5.74, 6) is -1.63. The molecular weight excluding hydrogens is 314 g/mol. The van der Waals surface area contributed by atoms with Gasteiger partial charge in [0.25, 0.3) is 0 Å². The Bertz CT molecular complexity index is 532. The minimum Gasteiger partial charge on any atom is -0.368 e. The molecule has 134 valence electrons. The second-order valence-electron chi connectivity index (χ2n) is 5.34. The lowest BCUT2D eigenvalue weighted by molar-refractivity contribution is -0.131. The van der Waals surface area contributed by atoms with Gasteiger partial charge in [-0.2, -0.15) is 0 Å². The van der Waals surface area contributed by atoms with Crippen LogP contribution in [-0.2, 0) is 20.8 Å². The Labute approximate surface area is 139 Å². The molecule has 10 nitrogen and oxygen atoms in total. The van der Waals surface area contributed by atoms with Crippen LogP contribution >= 0.6 is 0 Å². The van der Waals surface area contributed by atoms with Gasteiger partial charge in [-0.15, -0.1) is 0 Å². The number of hydrogen-bond donors (Lipinski definition) is 6. The van der Waals surface area contributed by atoms with Gasteiger partial charge in [0.05, 0.1) is 18.6 Å². The van der Waals surface area contributed by atoms with Crippen LogP contribution in [0.15, 0.2) is 12.5 Å². The molecule has 0 bridgehead atoms. The first kappa shape index (κ1) is 19.6. The van der Waals surface area contributed by atoms with Crippen molar-refractivity contribution in [1.82, 2.24) is 20.6 Å². The number of amides is 3. The first-order valence-corrected chi connectivity index (χ1v) is 7.74. The second-order valence-corrected chi connectivity index (χ2v) is 5.34. The Hall–Kier alpha value is -2.46. The topological polar surface area (TPSA) is 182 Å². The Morgan fingerprint density at radius 1 is 1.17 bits per heavy atom. The van der Waals surface area contributed by atoms with E-state index in [2.05, 4.69) is 20.6 Å². The molecule has 1 aromatic heterocycles. The van der Waals surface area contributed by atoms with Gasteiger partial charge in [-0.1, -0.05) is 0 Å². The molecule has 0 saturated carbocycles. The van der Waals surface area contributed by atoms with Crippen molar-refractivity contribution in [2.24, 2.45) is 17.2 Å². The van der Waals surface area contributed by atoms with Crippen molar-refractivity contribution in [3.8, 4) is 0 Å². The van der Waals surface area contributed by atoms with Gasteiger partial charge < -0.3 is 32.8 Å². The summed E-state index contributed by atoms with van der Waals surface area (Å²) in [5.41, 5.74) is 16.6.